The molecule has 5 heteroatoms. The fourth-order valence-corrected chi connectivity index (χ4v) is 1.24. The third-order valence-electron chi connectivity index (χ3n) is 2.17. The van der Waals surface area contributed by atoms with Crippen LogP contribution in [0.5, 0.6) is 0 Å². The van der Waals surface area contributed by atoms with Gasteiger partial charge in [0.25, 0.3) is 0 Å². The lowest BCUT2D eigenvalue weighted by atomic mass is 10.1. The average molecular weight is 172 g/mol. The summed E-state index contributed by atoms with van der Waals surface area (Å²) in [7, 11) is 1.94. The zero-order valence-corrected chi connectivity index (χ0v) is 7.65. The molecule has 1 aliphatic rings. The summed E-state index contributed by atoms with van der Waals surface area (Å²) in [5, 5.41) is 7.70. The van der Waals surface area contributed by atoms with Gasteiger partial charge < -0.3 is 4.81 Å². The molecule has 0 radical (unpaired) electrons. The van der Waals surface area contributed by atoms with Gasteiger partial charge in [-0.3, -0.25) is 0 Å². The number of aliphatic imine (C=N–C) groups is 1. The smallest absolute Gasteiger partial charge is 0.225 e. The highest BCUT2D eigenvalue weighted by molar-refractivity contribution is 6.22. The van der Waals surface area contributed by atoms with Crippen LogP contribution in [0.15, 0.2) is 23.8 Å². The van der Waals surface area contributed by atoms with Crippen LogP contribution in [-0.2, 0) is 0 Å². The Morgan fingerprint density at radius 2 is 2.31 bits per heavy atom. The van der Waals surface area contributed by atoms with Gasteiger partial charge in [0.15, 0.2) is 5.82 Å². The highest BCUT2D eigenvalue weighted by Crippen LogP contribution is 2.28. The molecule has 0 amide bonds. The van der Waals surface area contributed by atoms with Gasteiger partial charge in [-0.05, 0) is 13.0 Å². The summed E-state index contributed by atoms with van der Waals surface area (Å²) >= 11 is 0. The van der Waals surface area contributed by atoms with Gasteiger partial charge >= 0.3 is 0 Å². The summed E-state index contributed by atoms with van der Waals surface area (Å²) in [6, 6.07) is 1.87. The fourth-order valence-electron chi connectivity index (χ4n) is 1.24. The molecule has 1 aromatic rings. The first kappa shape index (κ1) is 7.98. The van der Waals surface area contributed by atoms with E-state index in [0.29, 0.717) is 5.82 Å². The maximum atomic E-state index is 4.29. The van der Waals surface area contributed by atoms with Gasteiger partial charge in [0.1, 0.15) is 0 Å². The molecule has 0 bridgehead atoms. The van der Waals surface area contributed by atoms with Gasteiger partial charge in [-0.1, -0.05) is 6.58 Å². The Bertz CT molecular complexity index is 399. The summed E-state index contributed by atoms with van der Waals surface area (Å²) in [5.74, 6) is 1.54. The van der Waals surface area contributed by atoms with E-state index in [0.717, 1.165) is 17.1 Å². The molecule has 0 atom stereocenters. The van der Waals surface area contributed by atoms with E-state index in [4.69, 9.17) is 0 Å². The predicted molar refractivity (Wildman–Crippen MR) is 54.2 cm³/mol. The van der Waals surface area contributed by atoms with Crippen molar-refractivity contribution >= 4 is 25.3 Å². The monoisotopic (exact) mass is 172 g/mol. The van der Waals surface area contributed by atoms with E-state index < -0.39 is 0 Å². The molecule has 4 nitrogen and oxygen atoms in total. The molecule has 13 heavy (non-hydrogen) atoms. The van der Waals surface area contributed by atoms with E-state index in [9.17, 15) is 0 Å². The van der Waals surface area contributed by atoms with Crippen LogP contribution in [0.1, 0.15) is 12.5 Å². The third-order valence-corrected chi connectivity index (χ3v) is 2.17. The Labute approximate surface area is 77.4 Å². The standard InChI is InChI=1S/C8H9BN4/c1-5-7-3-4-10-12-8(7)11-6(2)13(5)9/h3-4H,1,9H2,2H3. The zero-order valence-electron chi connectivity index (χ0n) is 7.65. The van der Waals surface area contributed by atoms with E-state index in [-0.39, 0.29) is 0 Å². The van der Waals surface area contributed by atoms with Crippen LogP contribution in [0, 0.1) is 0 Å². The molecule has 0 saturated heterocycles. The molecule has 1 aliphatic heterocycles. The average Bonchev–Trinajstić information content (AvgIpc) is 2.15. The topological polar surface area (TPSA) is 41.4 Å². The first-order chi connectivity index (χ1) is 6.20. The maximum Gasteiger partial charge on any atom is 0.225 e. The lowest BCUT2D eigenvalue weighted by Crippen LogP contribution is -2.26. The van der Waals surface area contributed by atoms with E-state index in [1.54, 1.807) is 6.20 Å². The molecule has 64 valence electrons. The molecule has 1 aromatic heterocycles. The molecular formula is C8H9BN4. The Morgan fingerprint density at radius 3 is 3.08 bits per heavy atom. The lowest BCUT2D eigenvalue weighted by Gasteiger charge is -2.26. The molecule has 0 unspecified atom stereocenters. The second kappa shape index (κ2) is 2.69. The highest BCUT2D eigenvalue weighted by atomic mass is 15.2. The SMILES string of the molecule is BN1C(=C)c2ccnnc2N=C1C. The summed E-state index contributed by atoms with van der Waals surface area (Å²) in [5.41, 5.74) is 1.86. The highest BCUT2D eigenvalue weighted by Gasteiger charge is 2.17. The molecule has 2 rings (SSSR count). The number of amidine groups is 1. The minimum Gasteiger partial charge on any atom is -0.382 e. The van der Waals surface area contributed by atoms with Crippen molar-refractivity contribution in [2.24, 2.45) is 4.99 Å². The number of fused-ring (bicyclic) bond motifs is 1. The van der Waals surface area contributed by atoms with E-state index in [1.807, 2.05) is 25.8 Å². The van der Waals surface area contributed by atoms with Gasteiger partial charge in [0.2, 0.25) is 7.98 Å². The minimum atomic E-state index is 0.656. The quantitative estimate of drug-likeness (QED) is 0.530. The van der Waals surface area contributed by atoms with Crippen molar-refractivity contribution in [3.8, 4) is 0 Å². The van der Waals surface area contributed by atoms with Crippen LogP contribution in [0.25, 0.3) is 5.70 Å². The summed E-state index contributed by atoms with van der Waals surface area (Å²) in [4.78, 5) is 6.22. The molecule has 0 spiro atoms. The molecule has 2 heterocycles. The number of hydrogen-bond acceptors (Lipinski definition) is 4. The van der Waals surface area contributed by atoms with Crippen LogP contribution >= 0.6 is 0 Å². The first-order valence-electron chi connectivity index (χ1n) is 4.00. The van der Waals surface area contributed by atoms with Gasteiger partial charge in [-0.15, -0.1) is 5.10 Å². The van der Waals surface area contributed by atoms with Gasteiger partial charge in [-0.2, -0.15) is 5.10 Å². The maximum absolute atomic E-state index is 4.29. The number of hydrogen-bond donors (Lipinski definition) is 0. The second-order valence-electron chi connectivity index (χ2n) is 2.93. The molecule has 0 aliphatic carbocycles. The minimum absolute atomic E-state index is 0.656. The van der Waals surface area contributed by atoms with E-state index in [2.05, 4.69) is 21.8 Å². The van der Waals surface area contributed by atoms with E-state index >= 15 is 0 Å². The zero-order chi connectivity index (χ0) is 9.42. The van der Waals surface area contributed by atoms with Crippen molar-refractivity contribution in [3.05, 3.63) is 24.4 Å². The second-order valence-corrected chi connectivity index (χ2v) is 2.93. The Kier molecular flexibility index (Phi) is 1.65. The number of aromatic nitrogens is 2. The van der Waals surface area contributed by atoms with E-state index in [1.165, 1.54) is 0 Å². The van der Waals surface area contributed by atoms with Crippen LogP contribution in [-0.4, -0.2) is 28.8 Å². The summed E-state index contributed by atoms with van der Waals surface area (Å²) in [6.07, 6.45) is 1.65. The Morgan fingerprint density at radius 1 is 1.54 bits per heavy atom. The summed E-state index contributed by atoms with van der Waals surface area (Å²) in [6.45, 7) is 5.88. The van der Waals surface area contributed by atoms with Gasteiger partial charge in [-0.25, -0.2) is 4.99 Å². The normalized spacial score (nSPS) is 15.3. The lowest BCUT2D eigenvalue weighted by molar-refractivity contribution is 0.885. The molecule has 0 fully saturated rings. The third kappa shape index (κ3) is 1.12. The Balaban J connectivity index is 2.63. The molecule has 0 aromatic carbocycles. The first-order valence-corrected chi connectivity index (χ1v) is 4.00. The molecule has 0 saturated carbocycles. The molecule has 0 N–H and O–H groups in total. The number of rotatable bonds is 0. The van der Waals surface area contributed by atoms with Gasteiger partial charge in [0.05, 0.1) is 12.0 Å². The van der Waals surface area contributed by atoms with Crippen LogP contribution in [0.2, 0.25) is 0 Å². The largest absolute Gasteiger partial charge is 0.382 e. The van der Waals surface area contributed by atoms with Crippen molar-refractivity contribution in [1.29, 1.82) is 0 Å². The Hall–Kier alpha value is -1.65. The van der Waals surface area contributed by atoms with Gasteiger partial charge in [0, 0.05) is 11.3 Å². The van der Waals surface area contributed by atoms with Crippen molar-refractivity contribution in [2.45, 2.75) is 6.92 Å². The number of nitrogens with zero attached hydrogens (tertiary/aromatic N) is 4. The van der Waals surface area contributed by atoms with Crippen LogP contribution < -0.4 is 0 Å². The molecular weight excluding hydrogens is 163 g/mol. The van der Waals surface area contributed by atoms with Crippen molar-refractivity contribution in [2.75, 3.05) is 0 Å². The van der Waals surface area contributed by atoms with Crippen molar-refractivity contribution in [3.63, 3.8) is 0 Å². The van der Waals surface area contributed by atoms with Crippen molar-refractivity contribution in [1.82, 2.24) is 15.0 Å². The van der Waals surface area contributed by atoms with Crippen LogP contribution in [0.4, 0.5) is 5.82 Å². The fraction of sp³-hybridized carbons (Fsp3) is 0.125. The van der Waals surface area contributed by atoms with Crippen LogP contribution in [0.3, 0.4) is 0 Å². The predicted octanol–water partition coefficient (Wildman–Crippen LogP) is 0.361. The van der Waals surface area contributed by atoms with Crippen molar-refractivity contribution < 1.29 is 0 Å². The summed E-state index contributed by atoms with van der Waals surface area (Å²) < 4.78 is 0.